The maximum absolute atomic E-state index is 2.55. The zero-order valence-corrected chi connectivity index (χ0v) is 40.4. The van der Waals surface area contributed by atoms with Gasteiger partial charge in [-0.15, -0.1) is 0 Å². The van der Waals surface area contributed by atoms with Crippen LogP contribution >= 0.6 is 0 Å². The van der Waals surface area contributed by atoms with Crippen LogP contribution in [0.3, 0.4) is 0 Å². The second-order valence-corrected chi connectivity index (χ2v) is 20.3. The third kappa shape index (κ3) is 5.89. The van der Waals surface area contributed by atoms with Crippen LogP contribution in [0.2, 0.25) is 0 Å². The Labute approximate surface area is 423 Å². The molecule has 0 aliphatic heterocycles. The summed E-state index contributed by atoms with van der Waals surface area (Å²) in [5, 5.41) is 0. The minimum absolute atomic E-state index is 0.186. The number of rotatable bonds is 7. The molecular formula is C71H51N. The Bertz CT molecular complexity index is 3780. The number of benzene rings is 11. The molecule has 0 radical (unpaired) electrons. The Morgan fingerprint density at radius 2 is 0.694 bits per heavy atom. The zero-order chi connectivity index (χ0) is 48.0. The standard InChI is InChI=1S/C71H51N/c1-69(2)60-32-17-19-34-62(60)71(63-35-20-18-33-61(63)69)59-31-16-15-30-58(59)68-64(71)36-21-37-67(68)72(54-41-38-50(39-42-54)48-22-7-3-8-23-48)55-43-45-57-56-44-40-51(49-24-9-4-10-25-49)46-65(56)70(66(57)47-55,52-26-11-5-12-27-52)53-28-13-6-14-29-53/h3-47H,1-2H3. The van der Waals surface area contributed by atoms with Crippen molar-refractivity contribution in [1.82, 2.24) is 0 Å². The Kier molecular flexibility index (Phi) is 9.44. The first kappa shape index (κ1) is 42.1. The fraction of sp³-hybridized carbons (Fsp3) is 0.0704. The van der Waals surface area contributed by atoms with Gasteiger partial charge in [0, 0.05) is 22.4 Å². The van der Waals surface area contributed by atoms with Crippen molar-refractivity contribution in [1.29, 1.82) is 0 Å². The lowest BCUT2D eigenvalue weighted by molar-refractivity contribution is 0.563. The average Bonchev–Trinajstić information content (AvgIpc) is 3.92. The molecule has 1 spiro atoms. The van der Waals surface area contributed by atoms with E-state index in [4.69, 9.17) is 0 Å². The minimum Gasteiger partial charge on any atom is -0.310 e. The van der Waals surface area contributed by atoms with Gasteiger partial charge < -0.3 is 4.90 Å². The van der Waals surface area contributed by atoms with Gasteiger partial charge in [0.05, 0.1) is 16.5 Å². The molecule has 0 N–H and O–H groups in total. The van der Waals surface area contributed by atoms with E-state index in [1.807, 2.05) is 0 Å². The molecule has 0 amide bonds. The van der Waals surface area contributed by atoms with E-state index in [9.17, 15) is 0 Å². The van der Waals surface area contributed by atoms with E-state index in [1.165, 1.54) is 100 Å². The summed E-state index contributed by atoms with van der Waals surface area (Å²) in [6.45, 7) is 4.80. The van der Waals surface area contributed by atoms with Gasteiger partial charge in [0.15, 0.2) is 0 Å². The Morgan fingerprint density at radius 1 is 0.264 bits per heavy atom. The second kappa shape index (κ2) is 16.1. The molecule has 1 heteroatoms. The largest absolute Gasteiger partial charge is 0.310 e. The maximum atomic E-state index is 2.55. The quantitative estimate of drug-likeness (QED) is 0.154. The molecule has 0 fully saturated rings. The van der Waals surface area contributed by atoms with Gasteiger partial charge in [-0.05, 0) is 131 Å². The van der Waals surface area contributed by atoms with Crippen LogP contribution < -0.4 is 4.90 Å². The summed E-state index contributed by atoms with van der Waals surface area (Å²) in [6.07, 6.45) is 0. The van der Waals surface area contributed by atoms with Gasteiger partial charge in [-0.25, -0.2) is 0 Å². The van der Waals surface area contributed by atoms with Crippen LogP contribution in [0.4, 0.5) is 17.1 Å². The van der Waals surface area contributed by atoms with E-state index in [2.05, 4.69) is 292 Å². The summed E-state index contributed by atoms with van der Waals surface area (Å²) in [6, 6.07) is 102. The number of hydrogen-bond donors (Lipinski definition) is 0. The summed E-state index contributed by atoms with van der Waals surface area (Å²) in [5.74, 6) is 0. The number of fused-ring (bicyclic) bond motifs is 12. The summed E-state index contributed by atoms with van der Waals surface area (Å²) in [4.78, 5) is 2.55. The summed E-state index contributed by atoms with van der Waals surface area (Å²) in [5.41, 5.74) is 25.0. The molecular weight excluding hydrogens is 867 g/mol. The molecule has 14 rings (SSSR count). The number of hydrogen-bond acceptors (Lipinski definition) is 1. The molecule has 0 aromatic heterocycles. The van der Waals surface area contributed by atoms with Crippen molar-refractivity contribution in [2.45, 2.75) is 30.1 Å². The zero-order valence-electron chi connectivity index (χ0n) is 40.4. The predicted molar refractivity (Wildman–Crippen MR) is 299 cm³/mol. The molecule has 1 nitrogen and oxygen atoms in total. The fourth-order valence-corrected chi connectivity index (χ4v) is 13.4. The van der Waals surface area contributed by atoms with Crippen LogP contribution in [0.15, 0.2) is 273 Å². The summed E-state index contributed by atoms with van der Waals surface area (Å²) < 4.78 is 0. The van der Waals surface area contributed by atoms with Gasteiger partial charge in [0.1, 0.15) is 0 Å². The smallest absolute Gasteiger partial charge is 0.0720 e. The molecule has 340 valence electrons. The van der Waals surface area contributed by atoms with Crippen molar-refractivity contribution in [3.8, 4) is 44.5 Å². The lowest BCUT2D eigenvalue weighted by Crippen LogP contribution is -2.40. The predicted octanol–water partition coefficient (Wildman–Crippen LogP) is 17.9. The van der Waals surface area contributed by atoms with E-state index >= 15 is 0 Å². The lowest BCUT2D eigenvalue weighted by Gasteiger charge is -2.46. The van der Waals surface area contributed by atoms with E-state index < -0.39 is 10.8 Å². The molecule has 0 bridgehead atoms. The van der Waals surface area contributed by atoms with Gasteiger partial charge in [-0.2, -0.15) is 0 Å². The lowest BCUT2D eigenvalue weighted by atomic mass is 9.55. The molecule has 0 heterocycles. The highest BCUT2D eigenvalue weighted by Gasteiger charge is 2.54. The molecule has 0 unspecified atom stereocenters. The van der Waals surface area contributed by atoms with E-state index in [-0.39, 0.29) is 5.41 Å². The van der Waals surface area contributed by atoms with Crippen LogP contribution in [0.5, 0.6) is 0 Å². The molecule has 0 saturated heterocycles. The third-order valence-electron chi connectivity index (χ3n) is 16.4. The second-order valence-electron chi connectivity index (χ2n) is 20.3. The highest BCUT2D eigenvalue weighted by Crippen LogP contribution is 2.65. The van der Waals surface area contributed by atoms with Crippen LogP contribution in [0, 0.1) is 0 Å². The van der Waals surface area contributed by atoms with Crippen LogP contribution in [-0.2, 0) is 16.2 Å². The van der Waals surface area contributed by atoms with Gasteiger partial charge in [-0.3, -0.25) is 0 Å². The minimum atomic E-state index is -0.617. The normalized spacial score (nSPS) is 14.6. The first-order chi connectivity index (χ1) is 35.5. The van der Waals surface area contributed by atoms with E-state index in [1.54, 1.807) is 0 Å². The third-order valence-corrected chi connectivity index (χ3v) is 16.4. The number of anilines is 3. The molecule has 3 aliphatic carbocycles. The van der Waals surface area contributed by atoms with Gasteiger partial charge in [-0.1, -0.05) is 250 Å². The molecule has 0 atom stereocenters. The van der Waals surface area contributed by atoms with Crippen molar-refractivity contribution in [3.05, 3.63) is 329 Å². The Balaban J connectivity index is 1.06. The monoisotopic (exact) mass is 917 g/mol. The molecule has 11 aromatic carbocycles. The van der Waals surface area contributed by atoms with E-state index in [0.717, 1.165) is 17.1 Å². The van der Waals surface area contributed by atoms with E-state index in [0.29, 0.717) is 0 Å². The van der Waals surface area contributed by atoms with Crippen molar-refractivity contribution >= 4 is 17.1 Å². The summed E-state index contributed by atoms with van der Waals surface area (Å²) >= 11 is 0. The molecule has 0 saturated carbocycles. The van der Waals surface area contributed by atoms with Crippen molar-refractivity contribution in [2.24, 2.45) is 0 Å². The van der Waals surface area contributed by atoms with Crippen LogP contribution in [-0.4, -0.2) is 0 Å². The molecule has 72 heavy (non-hydrogen) atoms. The van der Waals surface area contributed by atoms with Crippen molar-refractivity contribution < 1.29 is 0 Å². The Morgan fingerprint density at radius 3 is 1.29 bits per heavy atom. The maximum Gasteiger partial charge on any atom is 0.0720 e. The SMILES string of the molecule is CC1(C)c2ccccc2C2(c3ccccc3-c3c(N(c4ccc(-c5ccccc5)cc4)c4ccc5c(c4)C(c4ccccc4)(c4ccccc4)c4cc(-c6ccccc6)ccc4-5)cccc32)c2ccccc21. The van der Waals surface area contributed by atoms with Gasteiger partial charge in [0.2, 0.25) is 0 Å². The van der Waals surface area contributed by atoms with Gasteiger partial charge in [0.25, 0.3) is 0 Å². The Hall–Kier alpha value is -8.78. The molecule has 3 aliphatic rings. The first-order valence-electron chi connectivity index (χ1n) is 25.3. The van der Waals surface area contributed by atoms with Gasteiger partial charge >= 0.3 is 0 Å². The average molecular weight is 918 g/mol. The summed E-state index contributed by atoms with van der Waals surface area (Å²) in [7, 11) is 0. The molecule has 11 aromatic rings. The number of nitrogens with zero attached hydrogens (tertiary/aromatic N) is 1. The fourth-order valence-electron chi connectivity index (χ4n) is 13.4. The van der Waals surface area contributed by atoms with Crippen molar-refractivity contribution in [2.75, 3.05) is 4.90 Å². The van der Waals surface area contributed by atoms with Crippen molar-refractivity contribution in [3.63, 3.8) is 0 Å². The highest BCUT2D eigenvalue weighted by molar-refractivity contribution is 5.99. The highest BCUT2D eigenvalue weighted by atomic mass is 15.1. The van der Waals surface area contributed by atoms with Crippen LogP contribution in [0.25, 0.3) is 44.5 Å². The topological polar surface area (TPSA) is 3.24 Å². The van der Waals surface area contributed by atoms with Crippen LogP contribution in [0.1, 0.15) is 69.5 Å². The first-order valence-corrected chi connectivity index (χ1v) is 25.3.